The van der Waals surface area contributed by atoms with E-state index in [9.17, 15) is 19.2 Å². The lowest BCUT2D eigenvalue weighted by Gasteiger charge is -2.29. The third-order valence-electron chi connectivity index (χ3n) is 4.82. The smallest absolute Gasteiger partial charge is 0.360 e. The first-order valence-corrected chi connectivity index (χ1v) is 8.26. The highest BCUT2D eigenvalue weighted by Crippen LogP contribution is 2.52. The van der Waals surface area contributed by atoms with E-state index in [1.165, 1.54) is 0 Å². The number of aromatic nitrogens is 1. The van der Waals surface area contributed by atoms with E-state index < -0.39 is 47.5 Å². The average molecular weight is 414 g/mol. The highest BCUT2D eigenvalue weighted by atomic mass is 17.0. The monoisotopic (exact) mass is 414 g/mol. The van der Waals surface area contributed by atoms with Crippen molar-refractivity contribution in [3.05, 3.63) is 17.5 Å². The van der Waals surface area contributed by atoms with Crippen LogP contribution in [0.3, 0.4) is 0 Å². The molecule has 0 unspecified atom stereocenters. The summed E-state index contributed by atoms with van der Waals surface area (Å²) in [6.45, 7) is 0. The highest BCUT2D eigenvalue weighted by molar-refractivity contribution is 5.92. The topological polar surface area (TPSA) is 153 Å². The number of esters is 4. The van der Waals surface area contributed by atoms with Crippen LogP contribution in [0.2, 0.25) is 0 Å². The van der Waals surface area contributed by atoms with E-state index in [1.54, 1.807) is 0 Å². The summed E-state index contributed by atoms with van der Waals surface area (Å²) in [5.74, 6) is -4.67. The van der Waals surface area contributed by atoms with E-state index in [0.717, 1.165) is 34.7 Å². The summed E-state index contributed by atoms with van der Waals surface area (Å²) >= 11 is 0. The second-order valence-corrected chi connectivity index (χ2v) is 6.13. The summed E-state index contributed by atoms with van der Waals surface area (Å²) in [7, 11) is 4.49. The number of rotatable bonds is 5. The lowest BCUT2D eigenvalue weighted by atomic mass is 9.74. The first-order valence-electron chi connectivity index (χ1n) is 8.26. The quantitative estimate of drug-likeness (QED) is 0.433. The minimum Gasteiger partial charge on any atom is -0.467 e. The molecule has 2 aliphatic rings. The first-order chi connectivity index (χ1) is 13.8. The van der Waals surface area contributed by atoms with Gasteiger partial charge in [-0.1, -0.05) is 5.16 Å². The number of nitrogens with zero attached hydrogens (tertiary/aromatic N) is 2. The van der Waals surface area contributed by atoms with Gasteiger partial charge in [0.25, 0.3) is 0 Å². The lowest BCUT2D eigenvalue weighted by molar-refractivity contribution is -0.362. The zero-order chi connectivity index (χ0) is 21.3. The SMILES string of the molecule is COC(=O)c1nocc1[C@@H]1[C@H](C(=O)OC)ON2O[C@@H](C(=O)OC)C[C@@]12C(=O)OC. The molecule has 1 aromatic heterocycles. The third kappa shape index (κ3) is 3.03. The molecule has 13 heteroatoms. The molecule has 0 bridgehead atoms. The van der Waals surface area contributed by atoms with Crippen LogP contribution in [0.5, 0.6) is 0 Å². The van der Waals surface area contributed by atoms with E-state index in [4.69, 9.17) is 23.7 Å². The Bertz CT molecular complexity index is 837. The van der Waals surface area contributed by atoms with Gasteiger partial charge in [-0.2, -0.15) is 0 Å². The Kier molecular flexibility index (Phi) is 5.55. The van der Waals surface area contributed by atoms with Crippen molar-refractivity contribution in [2.75, 3.05) is 28.4 Å². The van der Waals surface area contributed by atoms with Gasteiger partial charge in [-0.05, 0) is 5.23 Å². The van der Waals surface area contributed by atoms with Crippen LogP contribution in [0.1, 0.15) is 28.4 Å². The molecule has 4 atom stereocenters. The molecular weight excluding hydrogens is 396 g/mol. The van der Waals surface area contributed by atoms with Crippen LogP contribution < -0.4 is 0 Å². The molecule has 0 spiro atoms. The van der Waals surface area contributed by atoms with Gasteiger partial charge in [0.15, 0.2) is 23.4 Å². The predicted octanol–water partition coefficient (Wildman–Crippen LogP) is -0.878. The maximum Gasteiger partial charge on any atom is 0.360 e. The Hall–Kier alpha value is -3.03. The molecule has 0 radical (unpaired) electrons. The van der Waals surface area contributed by atoms with Crippen LogP contribution in [0.15, 0.2) is 10.8 Å². The van der Waals surface area contributed by atoms with Crippen molar-refractivity contribution in [2.24, 2.45) is 0 Å². The van der Waals surface area contributed by atoms with Crippen molar-refractivity contribution in [1.29, 1.82) is 0 Å². The molecular formula is C16H18N2O11. The van der Waals surface area contributed by atoms with Crippen LogP contribution in [0.4, 0.5) is 0 Å². The van der Waals surface area contributed by atoms with Crippen LogP contribution >= 0.6 is 0 Å². The van der Waals surface area contributed by atoms with Crippen molar-refractivity contribution < 1.29 is 52.3 Å². The second kappa shape index (κ2) is 7.77. The molecule has 3 heterocycles. The Labute approximate surface area is 163 Å². The molecule has 0 amide bonds. The van der Waals surface area contributed by atoms with Crippen LogP contribution in [0.25, 0.3) is 0 Å². The number of carbonyl (C=O) groups is 4. The number of carbonyl (C=O) groups excluding carboxylic acids is 4. The molecule has 0 N–H and O–H groups in total. The molecule has 2 fully saturated rings. The number of fused-ring (bicyclic) bond motifs is 1. The minimum absolute atomic E-state index is 0.00858. The maximum atomic E-state index is 12.9. The number of hydrogen-bond donors (Lipinski definition) is 0. The normalized spacial score (nSPS) is 28.5. The Balaban J connectivity index is 2.17. The van der Waals surface area contributed by atoms with Crippen molar-refractivity contribution in [3.63, 3.8) is 0 Å². The van der Waals surface area contributed by atoms with Gasteiger partial charge in [-0.15, -0.1) is 0 Å². The van der Waals surface area contributed by atoms with Crippen LogP contribution in [-0.2, 0) is 43.0 Å². The fourth-order valence-corrected chi connectivity index (χ4v) is 3.53. The third-order valence-corrected chi connectivity index (χ3v) is 4.82. The Morgan fingerprint density at radius 2 is 1.72 bits per heavy atom. The van der Waals surface area contributed by atoms with Gasteiger partial charge in [-0.25, -0.2) is 19.2 Å². The fraction of sp³-hybridized carbons (Fsp3) is 0.562. The summed E-state index contributed by atoms with van der Waals surface area (Å²) in [6.07, 6.45) is -1.92. The molecule has 2 saturated heterocycles. The number of methoxy groups -OCH3 is 4. The van der Waals surface area contributed by atoms with E-state index in [-0.39, 0.29) is 17.7 Å². The van der Waals surface area contributed by atoms with E-state index in [1.807, 2.05) is 0 Å². The van der Waals surface area contributed by atoms with Gasteiger partial charge in [0.1, 0.15) is 6.26 Å². The summed E-state index contributed by atoms with van der Waals surface area (Å²) in [6, 6.07) is 0. The average Bonchev–Trinajstić information content (AvgIpc) is 3.43. The Morgan fingerprint density at radius 1 is 1.03 bits per heavy atom. The molecule has 29 heavy (non-hydrogen) atoms. The molecule has 13 nitrogen and oxygen atoms in total. The molecule has 3 rings (SSSR count). The minimum atomic E-state index is -1.85. The second-order valence-electron chi connectivity index (χ2n) is 6.13. The Morgan fingerprint density at radius 3 is 2.31 bits per heavy atom. The van der Waals surface area contributed by atoms with Crippen molar-refractivity contribution in [3.8, 4) is 0 Å². The lowest BCUT2D eigenvalue weighted by Crippen LogP contribution is -2.51. The molecule has 0 aliphatic carbocycles. The zero-order valence-electron chi connectivity index (χ0n) is 15.9. The van der Waals surface area contributed by atoms with Crippen LogP contribution in [0, 0.1) is 0 Å². The summed E-state index contributed by atoms with van der Waals surface area (Å²) in [5, 5.41) is 4.30. The summed E-state index contributed by atoms with van der Waals surface area (Å²) in [5.41, 5.74) is -2.13. The largest absolute Gasteiger partial charge is 0.467 e. The van der Waals surface area contributed by atoms with Gasteiger partial charge in [-0.3, -0.25) is 9.68 Å². The van der Waals surface area contributed by atoms with Crippen molar-refractivity contribution in [2.45, 2.75) is 30.1 Å². The molecule has 1 aromatic rings. The standard InChI is InChI=1S/C16H18N2O11/c1-23-12(19)8-5-16(15(22)26-4)9(7-6-27-17-10(7)13(20)24-2)11(14(21)25-3)29-18(16)28-8/h6,8-9,11H,5H2,1-4H3/t8-,9-,11-,16+/m1/s1. The number of hydrogen-bond acceptors (Lipinski definition) is 13. The van der Waals surface area contributed by atoms with E-state index in [2.05, 4.69) is 14.6 Å². The van der Waals surface area contributed by atoms with Crippen LogP contribution in [-0.4, -0.2) is 80.4 Å². The zero-order valence-corrected chi connectivity index (χ0v) is 15.9. The fourth-order valence-electron chi connectivity index (χ4n) is 3.53. The predicted molar refractivity (Wildman–Crippen MR) is 85.6 cm³/mol. The van der Waals surface area contributed by atoms with Gasteiger partial charge >= 0.3 is 23.9 Å². The highest BCUT2D eigenvalue weighted by Gasteiger charge is 2.71. The van der Waals surface area contributed by atoms with Crippen molar-refractivity contribution in [1.82, 2.24) is 10.4 Å². The number of hydroxylamine groups is 2. The van der Waals surface area contributed by atoms with E-state index in [0.29, 0.717) is 5.23 Å². The molecule has 0 saturated carbocycles. The molecule has 0 aromatic carbocycles. The van der Waals surface area contributed by atoms with Gasteiger partial charge in [0.2, 0.25) is 0 Å². The summed E-state index contributed by atoms with van der Waals surface area (Å²) < 4.78 is 23.9. The van der Waals surface area contributed by atoms with Gasteiger partial charge in [0, 0.05) is 12.0 Å². The van der Waals surface area contributed by atoms with Gasteiger partial charge < -0.3 is 23.5 Å². The first kappa shape index (κ1) is 20.7. The van der Waals surface area contributed by atoms with Gasteiger partial charge in [0.05, 0.1) is 34.4 Å². The van der Waals surface area contributed by atoms with Crippen molar-refractivity contribution >= 4 is 23.9 Å². The maximum absolute atomic E-state index is 12.9. The number of ether oxygens (including phenoxy) is 4. The molecule has 158 valence electrons. The van der Waals surface area contributed by atoms with E-state index >= 15 is 0 Å². The summed E-state index contributed by atoms with van der Waals surface area (Å²) in [4.78, 5) is 60.3. The molecule has 2 aliphatic heterocycles.